The Balaban J connectivity index is 1.48. The lowest BCUT2D eigenvalue weighted by molar-refractivity contribution is -0.162. The third-order valence-electron chi connectivity index (χ3n) is 5.39. The number of carbonyl (C=O) groups is 2. The van der Waals surface area contributed by atoms with E-state index in [4.69, 9.17) is 0 Å². The van der Waals surface area contributed by atoms with Crippen LogP contribution in [-0.2, 0) is 9.53 Å². The SMILES string of the molecule is Cc1cc(NC(=O)C2CCN(C(=O)OCC(F)(F)F)CC2)ccc1N1CCCC1. The van der Waals surface area contributed by atoms with Gasteiger partial charge in [0.05, 0.1) is 0 Å². The Hall–Kier alpha value is -2.45. The van der Waals surface area contributed by atoms with E-state index >= 15 is 0 Å². The Kier molecular flexibility index (Phi) is 6.54. The fourth-order valence-corrected chi connectivity index (χ4v) is 3.85. The van der Waals surface area contributed by atoms with Crippen molar-refractivity contribution in [1.82, 2.24) is 4.90 Å². The molecule has 0 saturated carbocycles. The number of anilines is 2. The van der Waals surface area contributed by atoms with Gasteiger partial charge in [0.15, 0.2) is 6.61 Å². The van der Waals surface area contributed by atoms with Crippen molar-refractivity contribution >= 4 is 23.4 Å². The third kappa shape index (κ3) is 5.77. The van der Waals surface area contributed by atoms with Crippen molar-refractivity contribution in [3.8, 4) is 0 Å². The van der Waals surface area contributed by atoms with Gasteiger partial charge in [0, 0.05) is 43.5 Å². The average Bonchev–Trinajstić information content (AvgIpc) is 3.20. The topological polar surface area (TPSA) is 61.9 Å². The molecule has 2 aliphatic heterocycles. The molecule has 2 aliphatic rings. The molecule has 0 spiro atoms. The second-order valence-corrected chi connectivity index (χ2v) is 7.62. The van der Waals surface area contributed by atoms with Gasteiger partial charge >= 0.3 is 12.3 Å². The number of piperidine rings is 1. The van der Waals surface area contributed by atoms with Crippen LogP contribution in [0.25, 0.3) is 0 Å². The molecular weight excluding hydrogens is 387 g/mol. The molecule has 1 aromatic carbocycles. The highest BCUT2D eigenvalue weighted by Crippen LogP contribution is 2.27. The first-order chi connectivity index (χ1) is 13.7. The molecule has 2 heterocycles. The van der Waals surface area contributed by atoms with Crippen molar-refractivity contribution in [2.24, 2.45) is 5.92 Å². The number of benzene rings is 1. The van der Waals surface area contributed by atoms with E-state index in [-0.39, 0.29) is 24.9 Å². The minimum absolute atomic E-state index is 0.137. The normalized spacial score (nSPS) is 18.1. The van der Waals surface area contributed by atoms with E-state index in [0.29, 0.717) is 12.8 Å². The molecule has 29 heavy (non-hydrogen) atoms. The Morgan fingerprint density at radius 1 is 1.14 bits per heavy atom. The summed E-state index contributed by atoms with van der Waals surface area (Å²) in [6, 6.07) is 5.87. The number of rotatable bonds is 4. The van der Waals surface area contributed by atoms with Gasteiger partial charge in [-0.25, -0.2) is 4.79 Å². The van der Waals surface area contributed by atoms with Gasteiger partial charge in [0.2, 0.25) is 5.91 Å². The molecule has 1 aromatic rings. The first-order valence-electron chi connectivity index (χ1n) is 9.88. The summed E-state index contributed by atoms with van der Waals surface area (Å²) in [7, 11) is 0. The minimum Gasteiger partial charge on any atom is -0.440 e. The van der Waals surface area contributed by atoms with Gasteiger partial charge < -0.3 is 19.9 Å². The van der Waals surface area contributed by atoms with Crippen LogP contribution < -0.4 is 10.2 Å². The Morgan fingerprint density at radius 2 is 1.79 bits per heavy atom. The number of likely N-dealkylation sites (tertiary alicyclic amines) is 1. The molecule has 2 fully saturated rings. The van der Waals surface area contributed by atoms with Crippen LogP contribution in [0.4, 0.5) is 29.3 Å². The number of carbonyl (C=O) groups excluding carboxylic acids is 2. The number of aryl methyl sites for hydroxylation is 1. The van der Waals surface area contributed by atoms with Crippen molar-refractivity contribution in [2.75, 3.05) is 43.0 Å². The van der Waals surface area contributed by atoms with Gasteiger partial charge in [-0.1, -0.05) is 0 Å². The van der Waals surface area contributed by atoms with E-state index in [9.17, 15) is 22.8 Å². The number of amides is 2. The first-order valence-corrected chi connectivity index (χ1v) is 9.88. The number of nitrogens with zero attached hydrogens (tertiary/aromatic N) is 2. The molecule has 0 aromatic heterocycles. The molecule has 0 aliphatic carbocycles. The summed E-state index contributed by atoms with van der Waals surface area (Å²) in [5.74, 6) is -0.429. The number of nitrogens with one attached hydrogen (secondary N) is 1. The van der Waals surface area contributed by atoms with Crippen LogP contribution in [0.3, 0.4) is 0 Å². The zero-order valence-corrected chi connectivity index (χ0v) is 16.4. The van der Waals surface area contributed by atoms with Crippen molar-refractivity contribution in [3.63, 3.8) is 0 Å². The number of hydrogen-bond acceptors (Lipinski definition) is 4. The van der Waals surface area contributed by atoms with Gasteiger partial charge in [0.25, 0.3) is 0 Å². The maximum Gasteiger partial charge on any atom is 0.422 e. The zero-order valence-electron chi connectivity index (χ0n) is 16.4. The smallest absolute Gasteiger partial charge is 0.422 e. The highest BCUT2D eigenvalue weighted by Gasteiger charge is 2.33. The van der Waals surface area contributed by atoms with E-state index in [0.717, 1.165) is 24.3 Å². The summed E-state index contributed by atoms with van der Waals surface area (Å²) in [6.07, 6.45) is -2.37. The molecule has 6 nitrogen and oxygen atoms in total. The summed E-state index contributed by atoms with van der Waals surface area (Å²) >= 11 is 0. The Morgan fingerprint density at radius 3 is 2.38 bits per heavy atom. The highest BCUT2D eigenvalue weighted by molar-refractivity contribution is 5.93. The van der Waals surface area contributed by atoms with Gasteiger partial charge in [0.1, 0.15) is 0 Å². The summed E-state index contributed by atoms with van der Waals surface area (Å²) in [6.45, 7) is 2.92. The second kappa shape index (κ2) is 8.92. The highest BCUT2D eigenvalue weighted by atomic mass is 19.4. The first kappa shape index (κ1) is 21.3. The van der Waals surface area contributed by atoms with E-state index in [1.165, 1.54) is 23.4 Å². The van der Waals surface area contributed by atoms with Crippen LogP contribution >= 0.6 is 0 Å². The van der Waals surface area contributed by atoms with Crippen molar-refractivity contribution in [1.29, 1.82) is 0 Å². The molecule has 2 saturated heterocycles. The largest absolute Gasteiger partial charge is 0.440 e. The summed E-state index contributed by atoms with van der Waals surface area (Å²) in [5.41, 5.74) is 3.01. The predicted octanol–water partition coefficient (Wildman–Crippen LogP) is 3.94. The van der Waals surface area contributed by atoms with Crippen molar-refractivity contribution in [3.05, 3.63) is 23.8 Å². The molecule has 0 unspecified atom stereocenters. The Labute approximate surface area is 168 Å². The van der Waals surface area contributed by atoms with E-state index < -0.39 is 18.9 Å². The van der Waals surface area contributed by atoms with Crippen LogP contribution in [-0.4, -0.2) is 55.9 Å². The van der Waals surface area contributed by atoms with Gasteiger partial charge in [-0.05, 0) is 56.4 Å². The standard InChI is InChI=1S/C20H26F3N3O3/c1-14-12-16(4-5-17(14)25-8-2-3-9-25)24-18(27)15-6-10-26(11-7-15)19(28)29-13-20(21,22)23/h4-5,12,15H,2-3,6-11,13H2,1H3,(H,24,27). The number of halogens is 3. The maximum absolute atomic E-state index is 12.5. The summed E-state index contributed by atoms with van der Waals surface area (Å²) < 4.78 is 40.7. The summed E-state index contributed by atoms with van der Waals surface area (Å²) in [4.78, 5) is 27.8. The lowest BCUT2D eigenvalue weighted by Crippen LogP contribution is -2.42. The van der Waals surface area contributed by atoms with Crippen LogP contribution in [0.2, 0.25) is 0 Å². The monoisotopic (exact) mass is 413 g/mol. The van der Waals surface area contributed by atoms with Crippen molar-refractivity contribution < 1.29 is 27.5 Å². The van der Waals surface area contributed by atoms with Crippen LogP contribution in [0.15, 0.2) is 18.2 Å². The second-order valence-electron chi connectivity index (χ2n) is 7.62. The summed E-state index contributed by atoms with van der Waals surface area (Å²) in [5, 5.41) is 2.92. The molecular formula is C20H26F3N3O3. The van der Waals surface area contributed by atoms with Gasteiger partial charge in [-0.15, -0.1) is 0 Å². The fourth-order valence-electron chi connectivity index (χ4n) is 3.85. The Bertz CT molecular complexity index is 740. The van der Waals surface area contributed by atoms with Crippen LogP contribution in [0, 0.1) is 12.8 Å². The molecule has 3 rings (SSSR count). The van der Waals surface area contributed by atoms with Gasteiger partial charge in [-0.3, -0.25) is 4.79 Å². The molecule has 9 heteroatoms. The zero-order chi connectivity index (χ0) is 21.0. The molecule has 160 valence electrons. The maximum atomic E-state index is 12.5. The quantitative estimate of drug-likeness (QED) is 0.812. The van der Waals surface area contributed by atoms with E-state index in [1.807, 2.05) is 25.1 Å². The van der Waals surface area contributed by atoms with E-state index in [2.05, 4.69) is 15.0 Å². The fraction of sp³-hybridized carbons (Fsp3) is 0.600. The molecule has 0 radical (unpaired) electrons. The van der Waals surface area contributed by atoms with Crippen molar-refractivity contribution in [2.45, 2.75) is 38.8 Å². The number of hydrogen-bond donors (Lipinski definition) is 1. The predicted molar refractivity (Wildman–Crippen MR) is 103 cm³/mol. The van der Waals surface area contributed by atoms with Gasteiger partial charge in [-0.2, -0.15) is 13.2 Å². The van der Waals surface area contributed by atoms with E-state index in [1.54, 1.807) is 0 Å². The van der Waals surface area contributed by atoms with Crippen LogP contribution in [0.5, 0.6) is 0 Å². The lowest BCUT2D eigenvalue weighted by atomic mass is 9.96. The average molecular weight is 413 g/mol. The molecule has 2 amide bonds. The molecule has 1 N–H and O–H groups in total. The minimum atomic E-state index is -4.55. The lowest BCUT2D eigenvalue weighted by Gasteiger charge is -2.30. The number of alkyl halides is 3. The number of ether oxygens (including phenoxy) is 1. The van der Waals surface area contributed by atoms with Crippen LogP contribution in [0.1, 0.15) is 31.2 Å². The molecule has 0 bridgehead atoms. The molecule has 0 atom stereocenters. The third-order valence-corrected chi connectivity index (χ3v) is 5.39.